The van der Waals surface area contributed by atoms with E-state index in [4.69, 9.17) is 5.73 Å². The molecule has 1 aromatic carbocycles. The SMILES string of the molecule is CCCc1c(N)n[nH]c1C1Cc2ccccc21. The molecule has 1 heterocycles. The Bertz CT molecular complexity index is 542. The molecule has 0 bridgehead atoms. The van der Waals surface area contributed by atoms with Crippen LogP contribution in [0.25, 0.3) is 0 Å². The molecular formula is C14H17N3. The predicted octanol–water partition coefficient (Wildman–Crippen LogP) is 2.63. The number of nitrogen functional groups attached to an aromatic ring is 1. The molecule has 88 valence electrons. The lowest BCUT2D eigenvalue weighted by Gasteiger charge is -2.30. The van der Waals surface area contributed by atoms with Gasteiger partial charge in [0.1, 0.15) is 5.82 Å². The standard InChI is InChI=1S/C14H17N3/c1-2-5-11-13(16-17-14(11)15)12-8-9-6-3-4-7-10(9)12/h3-4,6-7,12H,2,5,8H2,1H3,(H3,15,16,17). The van der Waals surface area contributed by atoms with E-state index in [2.05, 4.69) is 41.4 Å². The van der Waals surface area contributed by atoms with Crippen LogP contribution in [-0.2, 0) is 12.8 Å². The van der Waals surface area contributed by atoms with Crippen LogP contribution in [0.2, 0.25) is 0 Å². The Balaban J connectivity index is 1.97. The van der Waals surface area contributed by atoms with Crippen LogP contribution in [0.15, 0.2) is 24.3 Å². The van der Waals surface area contributed by atoms with Gasteiger partial charge < -0.3 is 5.73 Å². The molecule has 1 unspecified atom stereocenters. The average molecular weight is 227 g/mol. The van der Waals surface area contributed by atoms with Gasteiger partial charge in [-0.1, -0.05) is 37.6 Å². The van der Waals surface area contributed by atoms with Crippen LogP contribution in [0.5, 0.6) is 0 Å². The van der Waals surface area contributed by atoms with Gasteiger partial charge in [0, 0.05) is 17.2 Å². The number of hydrogen-bond acceptors (Lipinski definition) is 2. The summed E-state index contributed by atoms with van der Waals surface area (Å²) in [6.07, 6.45) is 3.22. The van der Waals surface area contributed by atoms with Crippen molar-refractivity contribution in [2.75, 3.05) is 5.73 Å². The maximum atomic E-state index is 5.92. The van der Waals surface area contributed by atoms with Gasteiger partial charge in [0.15, 0.2) is 0 Å². The van der Waals surface area contributed by atoms with Crippen molar-refractivity contribution in [3.05, 3.63) is 46.6 Å². The molecule has 3 heteroatoms. The monoisotopic (exact) mass is 227 g/mol. The maximum Gasteiger partial charge on any atom is 0.148 e. The molecule has 1 aliphatic carbocycles. The highest BCUT2D eigenvalue weighted by Gasteiger charge is 2.30. The molecule has 0 radical (unpaired) electrons. The maximum absolute atomic E-state index is 5.92. The molecule has 0 spiro atoms. The van der Waals surface area contributed by atoms with Crippen LogP contribution >= 0.6 is 0 Å². The first-order valence-corrected chi connectivity index (χ1v) is 6.21. The van der Waals surface area contributed by atoms with Crippen molar-refractivity contribution in [1.29, 1.82) is 0 Å². The lowest BCUT2D eigenvalue weighted by atomic mass is 9.74. The Hall–Kier alpha value is -1.77. The Morgan fingerprint density at radius 1 is 1.41 bits per heavy atom. The zero-order valence-corrected chi connectivity index (χ0v) is 10.0. The first kappa shape index (κ1) is 10.4. The average Bonchev–Trinajstić information content (AvgIpc) is 2.64. The van der Waals surface area contributed by atoms with E-state index in [9.17, 15) is 0 Å². The summed E-state index contributed by atoms with van der Waals surface area (Å²) >= 11 is 0. The van der Waals surface area contributed by atoms with E-state index >= 15 is 0 Å². The molecule has 0 fully saturated rings. The number of anilines is 1. The summed E-state index contributed by atoms with van der Waals surface area (Å²) in [5.74, 6) is 1.14. The molecule has 0 amide bonds. The van der Waals surface area contributed by atoms with Crippen LogP contribution in [0, 0.1) is 0 Å². The minimum Gasteiger partial charge on any atom is -0.382 e. The minimum absolute atomic E-state index is 0.470. The Kier molecular flexibility index (Phi) is 2.39. The second-order valence-electron chi connectivity index (χ2n) is 4.71. The van der Waals surface area contributed by atoms with Gasteiger partial charge in [0.05, 0.1) is 0 Å². The normalized spacial score (nSPS) is 17.6. The first-order chi connectivity index (χ1) is 8.31. The van der Waals surface area contributed by atoms with Gasteiger partial charge >= 0.3 is 0 Å². The van der Waals surface area contributed by atoms with Gasteiger partial charge in [-0.05, 0) is 24.0 Å². The fraction of sp³-hybridized carbons (Fsp3) is 0.357. The smallest absolute Gasteiger partial charge is 0.148 e. The summed E-state index contributed by atoms with van der Waals surface area (Å²) in [5.41, 5.74) is 11.2. The zero-order valence-electron chi connectivity index (χ0n) is 10.0. The third-order valence-corrected chi connectivity index (χ3v) is 3.63. The first-order valence-electron chi connectivity index (χ1n) is 6.21. The number of fused-ring (bicyclic) bond motifs is 1. The molecule has 3 rings (SSSR count). The van der Waals surface area contributed by atoms with Crippen LogP contribution in [-0.4, -0.2) is 10.2 Å². The summed E-state index contributed by atoms with van der Waals surface area (Å²) in [6, 6.07) is 8.61. The Labute approximate surface area is 101 Å². The summed E-state index contributed by atoms with van der Waals surface area (Å²) in [5, 5.41) is 7.29. The second kappa shape index (κ2) is 3.91. The van der Waals surface area contributed by atoms with Crippen molar-refractivity contribution in [2.45, 2.75) is 32.1 Å². The lowest BCUT2D eigenvalue weighted by molar-refractivity contribution is 0.672. The van der Waals surface area contributed by atoms with Gasteiger partial charge in [0.2, 0.25) is 0 Å². The number of aromatic amines is 1. The summed E-state index contributed by atoms with van der Waals surface area (Å²) in [4.78, 5) is 0. The highest BCUT2D eigenvalue weighted by molar-refractivity contribution is 5.52. The quantitative estimate of drug-likeness (QED) is 0.847. The van der Waals surface area contributed by atoms with Crippen LogP contribution < -0.4 is 5.73 Å². The van der Waals surface area contributed by atoms with Gasteiger partial charge in [-0.25, -0.2) is 0 Å². The molecule has 0 aliphatic heterocycles. The summed E-state index contributed by atoms with van der Waals surface area (Å²) in [6.45, 7) is 2.17. The van der Waals surface area contributed by atoms with Gasteiger partial charge in [-0.2, -0.15) is 5.10 Å². The number of rotatable bonds is 3. The van der Waals surface area contributed by atoms with E-state index in [1.54, 1.807) is 0 Å². The number of aromatic nitrogens is 2. The molecule has 1 atom stereocenters. The predicted molar refractivity (Wildman–Crippen MR) is 69.0 cm³/mol. The van der Waals surface area contributed by atoms with Crippen molar-refractivity contribution in [2.24, 2.45) is 0 Å². The molecular weight excluding hydrogens is 210 g/mol. The van der Waals surface area contributed by atoms with E-state index in [-0.39, 0.29) is 0 Å². The molecule has 1 aliphatic rings. The van der Waals surface area contributed by atoms with Crippen LogP contribution in [0.3, 0.4) is 0 Å². The Morgan fingerprint density at radius 2 is 2.24 bits per heavy atom. The molecule has 1 aromatic heterocycles. The molecule has 3 N–H and O–H groups in total. The summed E-state index contributed by atoms with van der Waals surface area (Å²) in [7, 11) is 0. The third-order valence-electron chi connectivity index (χ3n) is 3.63. The van der Waals surface area contributed by atoms with Crippen molar-refractivity contribution in [1.82, 2.24) is 10.2 Å². The minimum atomic E-state index is 0.470. The highest BCUT2D eigenvalue weighted by atomic mass is 15.2. The lowest BCUT2D eigenvalue weighted by Crippen LogP contribution is -2.19. The molecule has 3 nitrogen and oxygen atoms in total. The largest absolute Gasteiger partial charge is 0.382 e. The molecule has 17 heavy (non-hydrogen) atoms. The topological polar surface area (TPSA) is 54.7 Å². The number of H-pyrrole nitrogens is 1. The second-order valence-corrected chi connectivity index (χ2v) is 4.71. The number of hydrogen-bond donors (Lipinski definition) is 2. The highest BCUT2D eigenvalue weighted by Crippen LogP contribution is 2.41. The van der Waals surface area contributed by atoms with E-state index in [0.717, 1.165) is 19.3 Å². The fourth-order valence-corrected chi connectivity index (χ4v) is 2.71. The van der Waals surface area contributed by atoms with Gasteiger partial charge in [-0.15, -0.1) is 0 Å². The zero-order chi connectivity index (χ0) is 11.8. The van der Waals surface area contributed by atoms with Gasteiger partial charge in [-0.3, -0.25) is 5.10 Å². The van der Waals surface area contributed by atoms with Gasteiger partial charge in [0.25, 0.3) is 0 Å². The van der Waals surface area contributed by atoms with Crippen molar-refractivity contribution < 1.29 is 0 Å². The van der Waals surface area contributed by atoms with E-state index in [1.165, 1.54) is 22.4 Å². The third kappa shape index (κ3) is 1.54. The number of nitrogens with one attached hydrogen (secondary N) is 1. The number of benzene rings is 1. The number of nitrogens with two attached hydrogens (primary N) is 1. The fourth-order valence-electron chi connectivity index (χ4n) is 2.71. The van der Waals surface area contributed by atoms with E-state index in [0.29, 0.717) is 11.7 Å². The van der Waals surface area contributed by atoms with Crippen molar-refractivity contribution in [3.8, 4) is 0 Å². The molecule has 0 saturated carbocycles. The Morgan fingerprint density at radius 3 is 3.00 bits per heavy atom. The van der Waals surface area contributed by atoms with Crippen molar-refractivity contribution in [3.63, 3.8) is 0 Å². The molecule has 0 saturated heterocycles. The van der Waals surface area contributed by atoms with E-state index in [1.807, 2.05) is 0 Å². The summed E-state index contributed by atoms with van der Waals surface area (Å²) < 4.78 is 0. The number of nitrogens with zero attached hydrogens (tertiary/aromatic N) is 1. The molecule has 2 aromatic rings. The van der Waals surface area contributed by atoms with Crippen LogP contribution in [0.4, 0.5) is 5.82 Å². The van der Waals surface area contributed by atoms with Crippen molar-refractivity contribution >= 4 is 5.82 Å². The van der Waals surface area contributed by atoms with E-state index < -0.39 is 0 Å². The van der Waals surface area contributed by atoms with Crippen LogP contribution in [0.1, 0.15) is 41.6 Å².